The van der Waals surface area contributed by atoms with Crippen LogP contribution in [0.3, 0.4) is 0 Å². The number of thiazole rings is 1. The van der Waals surface area contributed by atoms with Crippen LogP contribution in [0.15, 0.2) is 18.2 Å². The van der Waals surface area contributed by atoms with E-state index in [4.69, 9.17) is 11.6 Å². The zero-order chi connectivity index (χ0) is 14.0. The monoisotopic (exact) mass is 295 g/mol. The van der Waals surface area contributed by atoms with E-state index < -0.39 is 0 Å². The van der Waals surface area contributed by atoms with E-state index in [-0.39, 0.29) is 5.91 Å². The number of benzene rings is 1. The molecule has 19 heavy (non-hydrogen) atoms. The lowest BCUT2D eigenvalue weighted by molar-refractivity contribution is 0.102. The molecule has 0 saturated heterocycles. The first kappa shape index (κ1) is 13.8. The number of anilines is 2. The van der Waals surface area contributed by atoms with Gasteiger partial charge in [0.05, 0.1) is 5.69 Å². The highest BCUT2D eigenvalue weighted by atomic mass is 35.5. The number of hydrogen-bond donors (Lipinski definition) is 2. The van der Waals surface area contributed by atoms with Crippen molar-refractivity contribution in [1.29, 1.82) is 0 Å². The fraction of sp³-hybridized carbons (Fsp3) is 0.231. The van der Waals surface area contributed by atoms with Crippen molar-refractivity contribution >= 4 is 39.7 Å². The number of hydrogen-bond acceptors (Lipinski definition) is 4. The van der Waals surface area contributed by atoms with E-state index in [0.717, 1.165) is 22.1 Å². The Morgan fingerprint density at radius 3 is 2.68 bits per heavy atom. The van der Waals surface area contributed by atoms with Crippen molar-refractivity contribution in [2.75, 3.05) is 17.7 Å². The second-order valence-electron chi connectivity index (χ2n) is 4.10. The van der Waals surface area contributed by atoms with E-state index in [9.17, 15) is 4.79 Å². The second kappa shape index (κ2) is 5.59. The van der Waals surface area contributed by atoms with Crippen molar-refractivity contribution in [2.45, 2.75) is 13.8 Å². The van der Waals surface area contributed by atoms with Crippen LogP contribution in [0.4, 0.5) is 10.8 Å². The summed E-state index contributed by atoms with van der Waals surface area (Å²) in [6.45, 7) is 3.72. The molecule has 0 fully saturated rings. The highest BCUT2D eigenvalue weighted by Gasteiger charge is 2.15. The van der Waals surface area contributed by atoms with E-state index in [0.29, 0.717) is 9.90 Å². The summed E-state index contributed by atoms with van der Waals surface area (Å²) in [6, 6.07) is 5.36. The van der Waals surface area contributed by atoms with Gasteiger partial charge >= 0.3 is 0 Å². The second-order valence-corrected chi connectivity index (χ2v) is 5.53. The predicted octanol–water partition coefficient (Wildman–Crippen LogP) is 3.71. The van der Waals surface area contributed by atoms with Crippen LogP contribution in [0, 0.1) is 13.8 Å². The number of nitrogens with one attached hydrogen (secondary N) is 2. The molecule has 0 aliphatic rings. The van der Waals surface area contributed by atoms with Crippen molar-refractivity contribution in [2.24, 2.45) is 0 Å². The molecule has 100 valence electrons. The van der Waals surface area contributed by atoms with Gasteiger partial charge in [-0.3, -0.25) is 4.79 Å². The van der Waals surface area contributed by atoms with E-state index in [1.165, 1.54) is 11.3 Å². The lowest BCUT2D eigenvalue weighted by atomic mass is 10.2. The fourth-order valence-corrected chi connectivity index (χ4v) is 2.70. The first-order valence-corrected chi connectivity index (χ1v) is 6.93. The number of carbonyl (C=O) groups is 1. The lowest BCUT2D eigenvalue weighted by Crippen LogP contribution is -2.12. The molecule has 0 radical (unpaired) electrons. The van der Waals surface area contributed by atoms with Crippen LogP contribution in [-0.2, 0) is 0 Å². The number of carbonyl (C=O) groups excluding carboxylic acids is 1. The maximum Gasteiger partial charge on any atom is 0.267 e. The molecule has 2 rings (SSSR count). The molecule has 0 aliphatic carbocycles. The minimum Gasteiger partial charge on any atom is -0.365 e. The SMILES string of the molecule is CNc1nc(C)c(C(=O)Nc2ccc(Cl)cc2C)s1. The summed E-state index contributed by atoms with van der Waals surface area (Å²) < 4.78 is 0. The van der Waals surface area contributed by atoms with Crippen LogP contribution in [0.2, 0.25) is 5.02 Å². The molecule has 0 aliphatic heterocycles. The number of amides is 1. The molecular weight excluding hydrogens is 282 g/mol. The van der Waals surface area contributed by atoms with Gasteiger partial charge in [-0.05, 0) is 37.6 Å². The zero-order valence-electron chi connectivity index (χ0n) is 10.9. The van der Waals surface area contributed by atoms with Crippen molar-refractivity contribution in [1.82, 2.24) is 4.98 Å². The molecule has 1 heterocycles. The number of rotatable bonds is 3. The van der Waals surface area contributed by atoms with Gasteiger partial charge in [-0.25, -0.2) is 4.98 Å². The van der Waals surface area contributed by atoms with Gasteiger partial charge in [0.25, 0.3) is 5.91 Å². The highest BCUT2D eigenvalue weighted by Crippen LogP contribution is 2.25. The van der Waals surface area contributed by atoms with Crippen LogP contribution in [0.5, 0.6) is 0 Å². The average molecular weight is 296 g/mol. The third-order valence-electron chi connectivity index (χ3n) is 2.65. The summed E-state index contributed by atoms with van der Waals surface area (Å²) in [5.41, 5.74) is 2.41. The summed E-state index contributed by atoms with van der Waals surface area (Å²) in [4.78, 5) is 17.1. The topological polar surface area (TPSA) is 54.0 Å². The molecule has 1 aromatic heterocycles. The lowest BCUT2D eigenvalue weighted by Gasteiger charge is -2.07. The molecule has 1 aromatic carbocycles. The standard InChI is InChI=1S/C13H14ClN3OS/c1-7-6-9(14)4-5-10(7)17-12(18)11-8(2)16-13(15-3)19-11/h4-6H,1-3H3,(H,15,16)(H,17,18). The largest absolute Gasteiger partial charge is 0.365 e. The molecule has 0 bridgehead atoms. The summed E-state index contributed by atoms with van der Waals surface area (Å²) >= 11 is 7.22. The number of aryl methyl sites for hydroxylation is 2. The van der Waals surface area contributed by atoms with E-state index in [2.05, 4.69) is 15.6 Å². The minimum absolute atomic E-state index is 0.151. The van der Waals surface area contributed by atoms with Crippen molar-refractivity contribution < 1.29 is 4.79 Å². The Labute approximate surface area is 120 Å². The third-order valence-corrected chi connectivity index (χ3v) is 4.06. The van der Waals surface area contributed by atoms with E-state index >= 15 is 0 Å². The Morgan fingerprint density at radius 2 is 2.11 bits per heavy atom. The molecule has 0 spiro atoms. The normalized spacial score (nSPS) is 10.3. The van der Waals surface area contributed by atoms with Gasteiger partial charge in [0, 0.05) is 17.8 Å². The quantitative estimate of drug-likeness (QED) is 0.907. The van der Waals surface area contributed by atoms with Crippen LogP contribution < -0.4 is 10.6 Å². The summed E-state index contributed by atoms with van der Waals surface area (Å²) in [5.74, 6) is -0.151. The fourth-order valence-electron chi connectivity index (χ4n) is 1.66. The Morgan fingerprint density at radius 1 is 1.37 bits per heavy atom. The molecule has 0 saturated carbocycles. The zero-order valence-corrected chi connectivity index (χ0v) is 12.4. The van der Waals surface area contributed by atoms with Gasteiger partial charge in [0.15, 0.2) is 5.13 Å². The third kappa shape index (κ3) is 3.05. The van der Waals surface area contributed by atoms with Crippen molar-refractivity contribution in [3.8, 4) is 0 Å². The average Bonchev–Trinajstić information content (AvgIpc) is 2.74. The Kier molecular flexibility index (Phi) is 4.07. The number of aromatic nitrogens is 1. The van der Waals surface area contributed by atoms with Gasteiger partial charge < -0.3 is 10.6 Å². The Hall–Kier alpha value is -1.59. The van der Waals surface area contributed by atoms with Gasteiger partial charge in [0.1, 0.15) is 4.88 Å². The van der Waals surface area contributed by atoms with Gasteiger partial charge in [-0.1, -0.05) is 22.9 Å². The van der Waals surface area contributed by atoms with Gasteiger partial charge in [-0.15, -0.1) is 0 Å². The maximum atomic E-state index is 12.2. The number of halogens is 1. The van der Waals surface area contributed by atoms with E-state index in [1.54, 1.807) is 19.2 Å². The Bertz CT molecular complexity index is 624. The molecular formula is C13H14ClN3OS. The van der Waals surface area contributed by atoms with E-state index in [1.807, 2.05) is 19.9 Å². The van der Waals surface area contributed by atoms with Crippen LogP contribution >= 0.6 is 22.9 Å². The molecule has 6 heteroatoms. The maximum absolute atomic E-state index is 12.2. The Balaban J connectivity index is 2.23. The first-order valence-electron chi connectivity index (χ1n) is 5.74. The molecule has 0 atom stereocenters. The molecule has 2 aromatic rings. The molecule has 0 unspecified atom stereocenters. The molecule has 4 nitrogen and oxygen atoms in total. The predicted molar refractivity (Wildman–Crippen MR) is 80.5 cm³/mol. The molecule has 2 N–H and O–H groups in total. The minimum atomic E-state index is -0.151. The summed E-state index contributed by atoms with van der Waals surface area (Å²) in [7, 11) is 1.78. The highest BCUT2D eigenvalue weighted by molar-refractivity contribution is 7.17. The molecule has 1 amide bonds. The van der Waals surface area contributed by atoms with Crippen LogP contribution in [0.1, 0.15) is 20.9 Å². The van der Waals surface area contributed by atoms with Crippen LogP contribution in [-0.4, -0.2) is 17.9 Å². The first-order chi connectivity index (χ1) is 9.01. The summed E-state index contributed by atoms with van der Waals surface area (Å²) in [6.07, 6.45) is 0. The van der Waals surface area contributed by atoms with Crippen molar-refractivity contribution in [3.63, 3.8) is 0 Å². The van der Waals surface area contributed by atoms with Gasteiger partial charge in [-0.2, -0.15) is 0 Å². The summed E-state index contributed by atoms with van der Waals surface area (Å²) in [5, 5.41) is 7.20. The van der Waals surface area contributed by atoms with Crippen molar-refractivity contribution in [3.05, 3.63) is 39.4 Å². The van der Waals surface area contributed by atoms with Gasteiger partial charge in [0.2, 0.25) is 0 Å². The number of nitrogens with zero attached hydrogens (tertiary/aromatic N) is 1. The van der Waals surface area contributed by atoms with Crippen LogP contribution in [0.25, 0.3) is 0 Å². The smallest absolute Gasteiger partial charge is 0.267 e.